The monoisotopic (exact) mass is 751 g/mol. The van der Waals surface area contributed by atoms with Gasteiger partial charge in [0.05, 0.1) is 18.2 Å². The highest BCUT2D eigenvalue weighted by atomic mass is 35.5. The summed E-state index contributed by atoms with van der Waals surface area (Å²) in [4.78, 5) is 33.7. The molecule has 1 N–H and O–H groups in total. The smallest absolute Gasteiger partial charge is 0.408 e. The molecule has 2 amide bonds. The molecule has 0 saturated carbocycles. The first-order chi connectivity index (χ1) is 26.3. The predicted molar refractivity (Wildman–Crippen MR) is 207 cm³/mol. The number of likely N-dealkylation sites (tertiary alicyclic amines) is 1. The van der Waals surface area contributed by atoms with Crippen molar-refractivity contribution in [2.45, 2.75) is 45.4 Å². The second-order valence-electron chi connectivity index (χ2n) is 13.9. The van der Waals surface area contributed by atoms with E-state index in [4.69, 9.17) is 21.1 Å². The molecule has 0 aliphatic carbocycles. The highest BCUT2D eigenvalue weighted by molar-refractivity contribution is 6.30. The summed E-state index contributed by atoms with van der Waals surface area (Å²) in [5.41, 5.74) is 5.14. The molecule has 2 aliphatic heterocycles. The van der Waals surface area contributed by atoms with Crippen molar-refractivity contribution in [1.29, 1.82) is 5.26 Å². The summed E-state index contributed by atoms with van der Waals surface area (Å²) < 4.78 is 26.0. The van der Waals surface area contributed by atoms with Crippen LogP contribution < -0.4 is 10.1 Å². The summed E-state index contributed by atoms with van der Waals surface area (Å²) in [6.07, 6.45) is 1.62. The first-order valence-electron chi connectivity index (χ1n) is 18.7. The molecule has 2 heterocycles. The van der Waals surface area contributed by atoms with Crippen molar-refractivity contribution < 1.29 is 23.5 Å². The number of hydrogen-bond acceptors (Lipinski definition) is 7. The molecule has 6 rings (SSSR count). The maximum Gasteiger partial charge on any atom is 0.408 e. The number of nitrogens with one attached hydrogen (secondary N) is 1. The lowest BCUT2D eigenvalue weighted by Crippen LogP contribution is -2.58. The fourth-order valence-corrected chi connectivity index (χ4v) is 7.59. The van der Waals surface area contributed by atoms with Crippen LogP contribution in [0.2, 0.25) is 5.02 Å². The Morgan fingerprint density at radius 3 is 2.43 bits per heavy atom. The number of benzene rings is 4. The van der Waals surface area contributed by atoms with Crippen LogP contribution in [0, 0.1) is 23.1 Å². The molecular formula is C43H47ClFN5O4. The van der Waals surface area contributed by atoms with Crippen LogP contribution in [0.3, 0.4) is 0 Å². The van der Waals surface area contributed by atoms with Crippen LogP contribution >= 0.6 is 11.6 Å². The average Bonchev–Trinajstić information content (AvgIpc) is 3.20. The Morgan fingerprint density at radius 1 is 0.926 bits per heavy atom. The molecule has 9 nitrogen and oxygen atoms in total. The van der Waals surface area contributed by atoms with Gasteiger partial charge in [0.25, 0.3) is 0 Å². The van der Waals surface area contributed by atoms with Gasteiger partial charge in [0.1, 0.15) is 24.2 Å². The van der Waals surface area contributed by atoms with E-state index in [-0.39, 0.29) is 24.2 Å². The van der Waals surface area contributed by atoms with Gasteiger partial charge in [0, 0.05) is 49.9 Å². The minimum atomic E-state index is -0.731. The normalized spacial score (nSPS) is 16.0. The second kappa shape index (κ2) is 18.9. The number of hydrogen-bond donors (Lipinski definition) is 1. The average molecular weight is 752 g/mol. The molecule has 2 saturated heterocycles. The molecule has 4 aromatic rings. The SMILES string of the molecule is CCOc1cccc(F)c1CN1CCN(C(=O)[C@H](NC(=O)OCc2ccccc2)C2CCN(CCc3cc(Cl)ccc3-c3cccc(C#N)c3)CC2)CC1. The van der Waals surface area contributed by atoms with Crippen LogP contribution in [0.1, 0.15) is 42.0 Å². The van der Waals surface area contributed by atoms with Crippen LogP contribution in [0.4, 0.5) is 9.18 Å². The maximum absolute atomic E-state index is 14.8. The van der Waals surface area contributed by atoms with Gasteiger partial charge in [-0.25, -0.2) is 9.18 Å². The molecule has 0 radical (unpaired) electrons. The molecule has 11 heteroatoms. The molecule has 54 heavy (non-hydrogen) atoms. The van der Waals surface area contributed by atoms with Gasteiger partial charge < -0.3 is 24.6 Å². The molecule has 0 aromatic heterocycles. The fourth-order valence-electron chi connectivity index (χ4n) is 7.40. The van der Waals surface area contributed by atoms with E-state index in [0.29, 0.717) is 61.2 Å². The van der Waals surface area contributed by atoms with Gasteiger partial charge >= 0.3 is 6.09 Å². The molecule has 2 fully saturated rings. The van der Waals surface area contributed by atoms with E-state index >= 15 is 0 Å². The van der Waals surface area contributed by atoms with E-state index in [1.807, 2.05) is 78.6 Å². The Labute approximate surface area is 322 Å². The number of piperazine rings is 1. The molecule has 4 aromatic carbocycles. The number of halogens is 2. The number of carbonyl (C=O) groups excluding carboxylic acids is 2. The molecular weight excluding hydrogens is 705 g/mol. The molecule has 0 spiro atoms. The van der Waals surface area contributed by atoms with Crippen molar-refractivity contribution in [2.75, 3.05) is 52.4 Å². The van der Waals surface area contributed by atoms with Gasteiger partial charge in [-0.1, -0.05) is 66.2 Å². The van der Waals surface area contributed by atoms with Crippen LogP contribution in [0.15, 0.2) is 91.0 Å². The summed E-state index contributed by atoms with van der Waals surface area (Å²) in [5, 5.41) is 13.1. The minimum absolute atomic E-state index is 0.0707. The van der Waals surface area contributed by atoms with Crippen molar-refractivity contribution >= 4 is 23.6 Å². The number of rotatable bonds is 13. The molecule has 2 aliphatic rings. The van der Waals surface area contributed by atoms with E-state index in [9.17, 15) is 19.2 Å². The predicted octanol–water partition coefficient (Wildman–Crippen LogP) is 7.31. The summed E-state index contributed by atoms with van der Waals surface area (Å²) in [5.74, 6) is 0.0500. The van der Waals surface area contributed by atoms with Gasteiger partial charge in [-0.2, -0.15) is 5.26 Å². The molecule has 0 bridgehead atoms. The van der Waals surface area contributed by atoms with Crippen LogP contribution in [-0.2, 0) is 29.1 Å². The lowest BCUT2D eigenvalue weighted by molar-refractivity contribution is -0.137. The minimum Gasteiger partial charge on any atom is -0.493 e. The van der Waals surface area contributed by atoms with Gasteiger partial charge in [-0.15, -0.1) is 0 Å². The van der Waals surface area contributed by atoms with E-state index in [0.717, 1.165) is 61.2 Å². The third-order valence-electron chi connectivity index (χ3n) is 10.4. The van der Waals surface area contributed by atoms with Crippen molar-refractivity contribution in [2.24, 2.45) is 5.92 Å². The highest BCUT2D eigenvalue weighted by Gasteiger charge is 2.37. The number of carbonyl (C=O) groups is 2. The molecule has 1 atom stereocenters. The van der Waals surface area contributed by atoms with Crippen molar-refractivity contribution in [3.8, 4) is 22.9 Å². The number of amides is 2. The van der Waals surface area contributed by atoms with E-state index in [1.54, 1.807) is 18.2 Å². The van der Waals surface area contributed by atoms with Gasteiger partial charge in [-0.05, 0) is 104 Å². The van der Waals surface area contributed by atoms with Crippen molar-refractivity contribution in [3.05, 3.63) is 124 Å². The number of alkyl carbamates (subject to hydrolysis) is 1. The quantitative estimate of drug-likeness (QED) is 0.153. The van der Waals surface area contributed by atoms with Crippen LogP contribution in [0.25, 0.3) is 11.1 Å². The second-order valence-corrected chi connectivity index (χ2v) is 14.3. The van der Waals surface area contributed by atoms with Crippen molar-refractivity contribution in [1.82, 2.24) is 20.0 Å². The Hall–Kier alpha value is -4.95. The first kappa shape index (κ1) is 38.8. The topological polar surface area (TPSA) is 98.1 Å². The van der Waals surface area contributed by atoms with E-state index in [1.165, 1.54) is 6.07 Å². The van der Waals surface area contributed by atoms with Gasteiger partial charge in [0.2, 0.25) is 5.91 Å². The van der Waals surface area contributed by atoms with Crippen molar-refractivity contribution in [3.63, 3.8) is 0 Å². The number of nitrogens with zero attached hydrogens (tertiary/aromatic N) is 4. The third kappa shape index (κ3) is 10.2. The zero-order valence-corrected chi connectivity index (χ0v) is 31.4. The maximum atomic E-state index is 14.8. The van der Waals surface area contributed by atoms with E-state index in [2.05, 4.69) is 21.2 Å². The zero-order valence-electron chi connectivity index (χ0n) is 30.7. The Morgan fingerprint density at radius 2 is 1.69 bits per heavy atom. The summed E-state index contributed by atoms with van der Waals surface area (Å²) in [7, 11) is 0. The summed E-state index contributed by atoms with van der Waals surface area (Å²) in [6, 6.07) is 29.3. The molecule has 282 valence electrons. The van der Waals surface area contributed by atoms with E-state index < -0.39 is 12.1 Å². The Kier molecular flexibility index (Phi) is 13.6. The molecule has 0 unspecified atom stereocenters. The standard InChI is InChI=1S/C43H47ClFN5O4/c1-2-53-40-13-7-12-39(45)38(40)29-49-22-24-50(25-23-49)42(51)41(47-43(52)54-30-31-8-4-3-5-9-31)33-16-19-48(20-17-33)21-18-35-27-36(44)14-15-37(35)34-11-6-10-32(26-34)28-46/h3-15,26-27,33,41H,2,16-25,29-30H2,1H3,(H,47,52)/t41-/m1/s1. The lowest BCUT2D eigenvalue weighted by Gasteiger charge is -2.40. The largest absolute Gasteiger partial charge is 0.493 e. The Bertz CT molecular complexity index is 1920. The third-order valence-corrected chi connectivity index (χ3v) is 10.6. The summed E-state index contributed by atoms with van der Waals surface area (Å²) >= 11 is 6.43. The highest BCUT2D eigenvalue weighted by Crippen LogP contribution is 2.30. The first-order valence-corrected chi connectivity index (χ1v) is 19.1. The zero-order chi connectivity index (χ0) is 37.9. The van der Waals surface area contributed by atoms with Gasteiger partial charge in [0.15, 0.2) is 0 Å². The Balaban J connectivity index is 1.09. The van der Waals surface area contributed by atoms with Crippen LogP contribution in [-0.4, -0.2) is 85.2 Å². The lowest BCUT2D eigenvalue weighted by atomic mass is 9.88. The van der Waals surface area contributed by atoms with Gasteiger partial charge in [-0.3, -0.25) is 9.69 Å². The number of ether oxygens (including phenoxy) is 2. The number of piperidine rings is 1. The number of nitriles is 1. The summed E-state index contributed by atoms with van der Waals surface area (Å²) in [6.45, 7) is 7.24. The fraction of sp³-hybridized carbons (Fsp3) is 0.372. The van der Waals surface area contributed by atoms with Crippen LogP contribution in [0.5, 0.6) is 5.75 Å².